The van der Waals surface area contributed by atoms with Crippen LogP contribution in [0.25, 0.3) is 6.08 Å². The van der Waals surface area contributed by atoms with E-state index >= 15 is 0 Å². The van der Waals surface area contributed by atoms with Gasteiger partial charge in [-0.3, -0.25) is 4.79 Å². The quantitative estimate of drug-likeness (QED) is 0.848. The summed E-state index contributed by atoms with van der Waals surface area (Å²) < 4.78 is 10.2. The molecule has 0 spiro atoms. The lowest BCUT2D eigenvalue weighted by molar-refractivity contribution is -0.117. The Labute approximate surface area is 146 Å². The maximum absolute atomic E-state index is 12.3. The van der Waals surface area contributed by atoms with Gasteiger partial charge in [-0.1, -0.05) is 24.3 Å². The standard InChI is InChI=1S/C19H21N3O3/c1-24-18-14(12-20-19(22-18)25-2)10-11-17(23)21-16-9-5-7-13-6-3-4-8-15(13)16/h3-4,6,8,10-12,16H,5,7,9H2,1-2H3,(H,21,23). The monoisotopic (exact) mass is 339 g/mol. The molecule has 2 aromatic rings. The summed E-state index contributed by atoms with van der Waals surface area (Å²) in [6, 6.07) is 8.54. The third-order valence-corrected chi connectivity index (χ3v) is 4.23. The molecule has 1 aromatic heterocycles. The van der Waals surface area contributed by atoms with E-state index in [1.54, 1.807) is 12.3 Å². The number of aromatic nitrogens is 2. The van der Waals surface area contributed by atoms with Gasteiger partial charge in [0, 0.05) is 12.3 Å². The van der Waals surface area contributed by atoms with Crippen molar-refractivity contribution < 1.29 is 14.3 Å². The summed E-state index contributed by atoms with van der Waals surface area (Å²) >= 11 is 0. The molecule has 1 N–H and O–H groups in total. The predicted molar refractivity (Wildman–Crippen MR) is 94.4 cm³/mol. The Morgan fingerprint density at radius 1 is 1.28 bits per heavy atom. The molecule has 25 heavy (non-hydrogen) atoms. The van der Waals surface area contributed by atoms with Crippen molar-refractivity contribution in [1.29, 1.82) is 0 Å². The van der Waals surface area contributed by atoms with Crippen molar-refractivity contribution >= 4 is 12.0 Å². The lowest BCUT2D eigenvalue weighted by atomic mass is 9.88. The van der Waals surface area contributed by atoms with E-state index in [0.717, 1.165) is 19.3 Å². The molecule has 6 heteroatoms. The Hall–Kier alpha value is -2.89. The fraction of sp³-hybridized carbons (Fsp3) is 0.316. The molecule has 1 aliphatic carbocycles. The van der Waals surface area contributed by atoms with Crippen LogP contribution in [0.3, 0.4) is 0 Å². The van der Waals surface area contributed by atoms with Gasteiger partial charge in [-0.25, -0.2) is 4.98 Å². The molecule has 0 saturated heterocycles. The molecule has 1 heterocycles. The molecule has 1 amide bonds. The average molecular weight is 339 g/mol. The molecule has 1 aromatic carbocycles. The number of amides is 1. The number of fused-ring (bicyclic) bond motifs is 1. The van der Waals surface area contributed by atoms with Crippen LogP contribution in [-0.4, -0.2) is 30.1 Å². The smallest absolute Gasteiger partial charge is 0.319 e. The minimum absolute atomic E-state index is 0.0520. The van der Waals surface area contributed by atoms with Gasteiger partial charge in [0.05, 0.1) is 25.8 Å². The van der Waals surface area contributed by atoms with Crippen LogP contribution < -0.4 is 14.8 Å². The van der Waals surface area contributed by atoms with E-state index in [9.17, 15) is 4.79 Å². The molecule has 0 bridgehead atoms. The van der Waals surface area contributed by atoms with Crippen LogP contribution in [0, 0.1) is 0 Å². The molecule has 130 valence electrons. The fourth-order valence-electron chi connectivity index (χ4n) is 3.03. The zero-order chi connectivity index (χ0) is 17.6. The van der Waals surface area contributed by atoms with E-state index in [1.807, 2.05) is 12.1 Å². The largest absolute Gasteiger partial charge is 0.480 e. The zero-order valence-electron chi connectivity index (χ0n) is 14.4. The topological polar surface area (TPSA) is 73.3 Å². The number of carbonyl (C=O) groups is 1. The first-order valence-corrected chi connectivity index (χ1v) is 8.22. The molecule has 0 saturated carbocycles. The zero-order valence-corrected chi connectivity index (χ0v) is 14.4. The summed E-state index contributed by atoms with van der Waals surface area (Å²) in [4.78, 5) is 20.4. The predicted octanol–water partition coefficient (Wildman–Crippen LogP) is 2.70. The van der Waals surface area contributed by atoms with Gasteiger partial charge in [-0.05, 0) is 36.5 Å². The highest BCUT2D eigenvalue weighted by Crippen LogP contribution is 2.29. The Balaban J connectivity index is 1.70. The molecule has 0 aliphatic heterocycles. The third kappa shape index (κ3) is 3.96. The van der Waals surface area contributed by atoms with Gasteiger partial charge >= 0.3 is 6.01 Å². The summed E-state index contributed by atoms with van der Waals surface area (Å²) in [5.74, 6) is 0.207. The third-order valence-electron chi connectivity index (χ3n) is 4.23. The van der Waals surface area contributed by atoms with Crippen LogP contribution in [0.5, 0.6) is 11.9 Å². The number of carbonyl (C=O) groups excluding carboxylic acids is 1. The summed E-state index contributed by atoms with van der Waals surface area (Å²) in [5, 5.41) is 3.07. The van der Waals surface area contributed by atoms with Crippen molar-refractivity contribution in [3.63, 3.8) is 0 Å². The number of aryl methyl sites for hydroxylation is 1. The highest BCUT2D eigenvalue weighted by atomic mass is 16.5. The van der Waals surface area contributed by atoms with Gasteiger partial charge < -0.3 is 14.8 Å². The van der Waals surface area contributed by atoms with Gasteiger partial charge in [0.25, 0.3) is 0 Å². The van der Waals surface area contributed by atoms with Crippen LogP contribution in [0.2, 0.25) is 0 Å². The second-order valence-electron chi connectivity index (χ2n) is 5.81. The van der Waals surface area contributed by atoms with Crippen LogP contribution in [0.1, 0.15) is 35.6 Å². The van der Waals surface area contributed by atoms with Gasteiger partial charge in [-0.15, -0.1) is 0 Å². The highest BCUT2D eigenvalue weighted by Gasteiger charge is 2.20. The number of hydrogen-bond acceptors (Lipinski definition) is 5. The van der Waals surface area contributed by atoms with Crippen molar-refractivity contribution in [3.8, 4) is 11.9 Å². The first-order valence-electron chi connectivity index (χ1n) is 8.22. The Kier molecular flexibility index (Phi) is 5.28. The fourth-order valence-corrected chi connectivity index (χ4v) is 3.03. The maximum Gasteiger partial charge on any atom is 0.319 e. The number of hydrogen-bond donors (Lipinski definition) is 1. The summed E-state index contributed by atoms with van der Waals surface area (Å²) in [5.41, 5.74) is 3.14. The first kappa shape index (κ1) is 17.0. The molecule has 6 nitrogen and oxygen atoms in total. The number of rotatable bonds is 5. The molecule has 1 atom stereocenters. The lowest BCUT2D eigenvalue weighted by Gasteiger charge is -2.25. The molecular formula is C19H21N3O3. The number of methoxy groups -OCH3 is 2. The van der Waals surface area contributed by atoms with E-state index in [2.05, 4.69) is 27.4 Å². The Bertz CT molecular complexity index is 789. The minimum Gasteiger partial charge on any atom is -0.480 e. The molecule has 0 fully saturated rings. The van der Waals surface area contributed by atoms with Crippen LogP contribution in [0.4, 0.5) is 0 Å². The first-order chi connectivity index (χ1) is 12.2. The van der Waals surface area contributed by atoms with E-state index < -0.39 is 0 Å². The Morgan fingerprint density at radius 3 is 2.92 bits per heavy atom. The van der Waals surface area contributed by atoms with E-state index in [0.29, 0.717) is 11.4 Å². The minimum atomic E-state index is -0.153. The number of ether oxygens (including phenoxy) is 2. The number of nitrogens with one attached hydrogen (secondary N) is 1. The highest BCUT2D eigenvalue weighted by molar-refractivity contribution is 5.92. The van der Waals surface area contributed by atoms with Crippen molar-refractivity contribution in [2.45, 2.75) is 25.3 Å². The van der Waals surface area contributed by atoms with Gasteiger partial charge in [-0.2, -0.15) is 4.98 Å². The van der Waals surface area contributed by atoms with E-state index in [4.69, 9.17) is 9.47 Å². The SMILES string of the molecule is COc1ncc(C=CC(=O)NC2CCCc3ccccc32)c(OC)n1. The Morgan fingerprint density at radius 2 is 2.12 bits per heavy atom. The van der Waals surface area contributed by atoms with Gasteiger partial charge in [0.1, 0.15) is 0 Å². The summed E-state index contributed by atoms with van der Waals surface area (Å²) in [7, 11) is 3.00. The molecule has 0 radical (unpaired) electrons. The summed E-state index contributed by atoms with van der Waals surface area (Å²) in [6.45, 7) is 0. The van der Waals surface area contributed by atoms with E-state index in [1.165, 1.54) is 31.4 Å². The second kappa shape index (κ2) is 7.79. The van der Waals surface area contributed by atoms with Crippen molar-refractivity contribution in [1.82, 2.24) is 15.3 Å². The molecule has 1 unspecified atom stereocenters. The molecule has 1 aliphatic rings. The average Bonchev–Trinajstić information content (AvgIpc) is 2.66. The van der Waals surface area contributed by atoms with Gasteiger partial charge in [0.15, 0.2) is 0 Å². The van der Waals surface area contributed by atoms with Crippen LogP contribution >= 0.6 is 0 Å². The van der Waals surface area contributed by atoms with Crippen molar-refractivity contribution in [3.05, 3.63) is 53.2 Å². The van der Waals surface area contributed by atoms with Gasteiger partial charge in [0.2, 0.25) is 11.8 Å². The number of nitrogens with zero attached hydrogens (tertiary/aromatic N) is 2. The van der Waals surface area contributed by atoms with Crippen molar-refractivity contribution in [2.75, 3.05) is 14.2 Å². The maximum atomic E-state index is 12.3. The van der Waals surface area contributed by atoms with Crippen LogP contribution in [-0.2, 0) is 11.2 Å². The van der Waals surface area contributed by atoms with Crippen LogP contribution in [0.15, 0.2) is 36.5 Å². The lowest BCUT2D eigenvalue weighted by Crippen LogP contribution is -2.29. The van der Waals surface area contributed by atoms with Crippen molar-refractivity contribution in [2.24, 2.45) is 0 Å². The normalized spacial score (nSPS) is 16.3. The number of benzene rings is 1. The second-order valence-corrected chi connectivity index (χ2v) is 5.81. The molecular weight excluding hydrogens is 318 g/mol. The molecule has 3 rings (SSSR count). The summed E-state index contributed by atoms with van der Waals surface area (Å²) in [6.07, 6.45) is 7.77. The van der Waals surface area contributed by atoms with E-state index in [-0.39, 0.29) is 18.0 Å².